The molecule has 0 amide bonds. The summed E-state index contributed by atoms with van der Waals surface area (Å²) >= 11 is -2.85. The smallest absolute Gasteiger partial charge is 0.338 e. The minimum absolute atomic E-state index is 0.0408. The summed E-state index contributed by atoms with van der Waals surface area (Å²) in [7, 11) is 2.89. The number of hydrogen-bond donors (Lipinski definition) is 0. The number of esters is 1. The zero-order chi connectivity index (χ0) is 27.9. The van der Waals surface area contributed by atoms with Crippen LogP contribution in [0.5, 0.6) is 0 Å². The van der Waals surface area contributed by atoms with Crippen molar-refractivity contribution in [2.24, 2.45) is 0 Å². The second-order valence-corrected chi connectivity index (χ2v) is 9.13. The normalized spacial score (nSPS) is 11.4. The molecule has 0 N–H and O–H groups in total. The van der Waals surface area contributed by atoms with Crippen molar-refractivity contribution in [2.45, 2.75) is 6.42 Å². The van der Waals surface area contributed by atoms with Gasteiger partial charge in [0.2, 0.25) is 0 Å². The van der Waals surface area contributed by atoms with Crippen LogP contribution in [0.1, 0.15) is 27.0 Å². The Hall–Kier alpha value is -4.56. The molecule has 0 bridgehead atoms. The van der Waals surface area contributed by atoms with Crippen molar-refractivity contribution in [3.05, 3.63) is 111 Å². The van der Waals surface area contributed by atoms with Gasteiger partial charge in [0.1, 0.15) is 5.56 Å². The number of carbonyl (C=O) groups excluding carboxylic acids is 1. The second kappa shape index (κ2) is 12.3. The van der Waals surface area contributed by atoms with E-state index in [9.17, 15) is 23.7 Å². The summed E-state index contributed by atoms with van der Waals surface area (Å²) < 4.78 is 35.7. The quantitative estimate of drug-likeness (QED) is 0.100. The molecule has 4 aromatic rings. The molecule has 4 aromatic carbocycles. The van der Waals surface area contributed by atoms with Crippen LogP contribution in [0.15, 0.2) is 78.9 Å². The van der Waals surface area contributed by atoms with E-state index >= 15 is 0 Å². The van der Waals surface area contributed by atoms with Gasteiger partial charge in [-0.05, 0) is 53.8 Å². The third-order valence-electron chi connectivity index (χ3n) is 5.98. The summed E-state index contributed by atoms with van der Waals surface area (Å²) in [6.45, 7) is 0.597. The number of carbonyl (C=O) groups is 1. The molecular weight excluding hydrogens is 520 g/mol. The van der Waals surface area contributed by atoms with Gasteiger partial charge in [0.15, 0.2) is 0 Å². The summed E-state index contributed by atoms with van der Waals surface area (Å²) in [5.74, 6) is 5.18. The average Bonchev–Trinajstić information content (AvgIpc) is 2.95. The van der Waals surface area contributed by atoms with Crippen LogP contribution in [-0.2, 0) is 27.2 Å². The number of ether oxygens (including phenoxy) is 2. The zero-order valence-electron chi connectivity index (χ0n) is 21.1. The highest BCUT2D eigenvalue weighted by molar-refractivity contribution is 7.81. The van der Waals surface area contributed by atoms with Gasteiger partial charge in [-0.15, -0.1) is 0 Å². The first-order chi connectivity index (χ1) is 18.8. The number of nitro groups is 1. The van der Waals surface area contributed by atoms with E-state index in [1.165, 1.54) is 31.4 Å². The van der Waals surface area contributed by atoms with Gasteiger partial charge in [-0.3, -0.25) is 18.6 Å². The monoisotopic (exact) mass is 543 g/mol. The molecule has 4 rings (SSSR count). The molecule has 198 valence electrons. The van der Waals surface area contributed by atoms with E-state index in [-0.39, 0.29) is 28.2 Å². The van der Waals surface area contributed by atoms with Crippen molar-refractivity contribution >= 4 is 45.1 Å². The van der Waals surface area contributed by atoms with Gasteiger partial charge in [-0.25, -0.2) is 4.79 Å². The molecule has 0 aliphatic heterocycles. The second-order valence-electron chi connectivity index (χ2n) is 8.33. The predicted molar refractivity (Wildman–Crippen MR) is 147 cm³/mol. The number of nitro benzene ring substituents is 1. The number of fused-ring (bicyclic) bond motifs is 1. The third kappa shape index (κ3) is 6.13. The molecule has 0 saturated heterocycles. The highest BCUT2D eigenvalue weighted by atomic mass is 32.2. The van der Waals surface area contributed by atoms with Gasteiger partial charge in [-0.2, -0.15) is 0 Å². The van der Waals surface area contributed by atoms with Crippen LogP contribution in [0, 0.1) is 22.0 Å². The lowest BCUT2D eigenvalue weighted by Gasteiger charge is -2.28. The Bertz CT molecular complexity index is 1620. The molecule has 0 saturated carbocycles. The first-order valence-corrected chi connectivity index (χ1v) is 12.7. The van der Waals surface area contributed by atoms with E-state index in [2.05, 4.69) is 11.8 Å². The van der Waals surface area contributed by atoms with Crippen LogP contribution >= 0.6 is 0 Å². The van der Waals surface area contributed by atoms with Crippen molar-refractivity contribution in [3.63, 3.8) is 0 Å². The van der Waals surface area contributed by atoms with Crippen molar-refractivity contribution in [1.82, 2.24) is 0 Å². The Morgan fingerprint density at radius 2 is 1.69 bits per heavy atom. The number of anilines is 2. The van der Waals surface area contributed by atoms with Crippen LogP contribution in [0.4, 0.5) is 17.1 Å². The van der Waals surface area contributed by atoms with Gasteiger partial charge in [0.25, 0.3) is 5.69 Å². The Balaban J connectivity index is 1.75. The van der Waals surface area contributed by atoms with Crippen molar-refractivity contribution < 1.29 is 28.0 Å². The Kier molecular flexibility index (Phi) is 8.68. The summed E-state index contributed by atoms with van der Waals surface area (Å²) in [4.78, 5) is 23.6. The van der Waals surface area contributed by atoms with Crippen molar-refractivity contribution in [3.8, 4) is 11.8 Å². The molecule has 0 fully saturated rings. The maximum absolute atomic E-state index is 12.4. The number of hydrogen-bond acceptors (Lipinski definition) is 7. The molecule has 0 aliphatic carbocycles. The van der Waals surface area contributed by atoms with E-state index in [0.29, 0.717) is 22.9 Å². The Morgan fingerprint density at radius 1 is 0.974 bits per heavy atom. The molecular formula is C29H23N2O7S-. The summed E-state index contributed by atoms with van der Waals surface area (Å²) in [5.41, 5.74) is 2.06. The highest BCUT2D eigenvalue weighted by Gasteiger charge is 2.21. The van der Waals surface area contributed by atoms with E-state index in [4.69, 9.17) is 9.47 Å². The summed E-state index contributed by atoms with van der Waals surface area (Å²) in [6.07, 6.45) is 0.759. The van der Waals surface area contributed by atoms with Gasteiger partial charge >= 0.3 is 5.97 Å². The highest BCUT2D eigenvalue weighted by Crippen LogP contribution is 2.37. The standard InChI is InChI=1S/C29H24N2O7S/c1-37-18-17-21-9-7-20(8-10-21)11-12-22-13-14-23(19-28(22)31(33)34)30(39(35)36)27-16-15-26(29(32)38-2)24-5-3-4-6-25(24)27/h3-10,13-16,19H,17-18H2,1-2H3,(H,35,36)/p-1. The number of benzene rings is 4. The van der Waals surface area contributed by atoms with E-state index in [1.54, 1.807) is 31.4 Å². The number of rotatable bonds is 8. The van der Waals surface area contributed by atoms with Crippen LogP contribution in [0.3, 0.4) is 0 Å². The molecule has 1 unspecified atom stereocenters. The number of methoxy groups -OCH3 is 2. The topological polar surface area (TPSA) is 122 Å². The van der Waals surface area contributed by atoms with Crippen LogP contribution in [-0.4, -0.2) is 40.5 Å². The Morgan fingerprint density at radius 3 is 2.33 bits per heavy atom. The fraction of sp³-hybridized carbons (Fsp3) is 0.138. The molecule has 0 radical (unpaired) electrons. The molecule has 10 heteroatoms. The summed E-state index contributed by atoms with van der Waals surface area (Å²) in [6, 6.07) is 21.2. The zero-order valence-corrected chi connectivity index (χ0v) is 21.9. The van der Waals surface area contributed by atoms with Crippen LogP contribution in [0.2, 0.25) is 0 Å². The lowest BCUT2D eigenvalue weighted by atomic mass is 10.0. The van der Waals surface area contributed by atoms with Gasteiger partial charge < -0.3 is 14.0 Å². The number of nitrogens with zero attached hydrogens (tertiary/aromatic N) is 2. The van der Waals surface area contributed by atoms with Gasteiger partial charge in [0.05, 0.1) is 46.8 Å². The Labute approximate surface area is 227 Å². The fourth-order valence-corrected chi connectivity index (χ4v) is 4.68. The summed E-state index contributed by atoms with van der Waals surface area (Å²) in [5, 5.41) is 12.9. The maximum Gasteiger partial charge on any atom is 0.338 e. The van der Waals surface area contributed by atoms with Gasteiger partial charge in [-0.1, -0.05) is 48.2 Å². The van der Waals surface area contributed by atoms with Crippen molar-refractivity contribution in [1.29, 1.82) is 0 Å². The predicted octanol–water partition coefficient (Wildman–Crippen LogP) is 5.06. The van der Waals surface area contributed by atoms with Crippen LogP contribution in [0.25, 0.3) is 10.8 Å². The molecule has 0 heterocycles. The van der Waals surface area contributed by atoms with E-state index in [0.717, 1.165) is 22.4 Å². The van der Waals surface area contributed by atoms with E-state index in [1.807, 2.05) is 24.3 Å². The largest absolute Gasteiger partial charge is 0.755 e. The SMILES string of the molecule is COCCc1ccc(C#Cc2ccc(N(c3ccc(C(=O)OC)c4ccccc34)S(=O)[O-])cc2[N+](=O)[O-])cc1. The molecule has 39 heavy (non-hydrogen) atoms. The lowest BCUT2D eigenvalue weighted by molar-refractivity contribution is -0.385. The average molecular weight is 544 g/mol. The molecule has 0 aromatic heterocycles. The fourth-order valence-electron chi connectivity index (χ4n) is 4.07. The van der Waals surface area contributed by atoms with Crippen LogP contribution < -0.4 is 4.31 Å². The van der Waals surface area contributed by atoms with Crippen molar-refractivity contribution in [2.75, 3.05) is 25.1 Å². The first-order valence-electron chi connectivity index (χ1n) is 11.7. The minimum Gasteiger partial charge on any atom is -0.755 e. The first kappa shape index (κ1) is 27.5. The molecule has 9 nitrogen and oxygen atoms in total. The molecule has 0 spiro atoms. The maximum atomic E-state index is 12.4. The minimum atomic E-state index is -2.85. The molecule has 1 atom stereocenters. The van der Waals surface area contributed by atoms with E-state index < -0.39 is 22.2 Å². The molecule has 0 aliphatic rings. The lowest BCUT2D eigenvalue weighted by Crippen LogP contribution is -2.20. The van der Waals surface area contributed by atoms with Gasteiger partial charge in [0, 0.05) is 24.1 Å². The third-order valence-corrected chi connectivity index (χ3v) is 6.68.